The van der Waals surface area contributed by atoms with Gasteiger partial charge in [0, 0.05) is 35.7 Å². The first-order chi connectivity index (χ1) is 19.7. The Morgan fingerprint density at radius 3 is 2.26 bits per heavy atom. The van der Waals surface area contributed by atoms with Crippen molar-refractivity contribution in [3.63, 3.8) is 0 Å². The summed E-state index contributed by atoms with van der Waals surface area (Å²) >= 11 is 7.89. The van der Waals surface area contributed by atoms with Gasteiger partial charge in [-0.2, -0.15) is 0 Å². The summed E-state index contributed by atoms with van der Waals surface area (Å²) in [5, 5.41) is 14.6. The van der Waals surface area contributed by atoms with Crippen LogP contribution in [-0.4, -0.2) is 44.8 Å². The number of anilines is 1. The molecule has 4 rings (SSSR count). The fraction of sp³-hybridized carbons (Fsp3) is 0.484. The molecule has 0 aliphatic heterocycles. The highest BCUT2D eigenvalue weighted by molar-refractivity contribution is 7.16. The van der Waals surface area contributed by atoms with Crippen molar-refractivity contribution in [1.29, 1.82) is 0 Å². The number of halogens is 1. The molecule has 0 aliphatic rings. The Morgan fingerprint density at radius 2 is 1.69 bits per heavy atom. The number of amides is 1. The lowest BCUT2D eigenvalue weighted by Gasteiger charge is -2.44. The Labute approximate surface area is 258 Å². The van der Waals surface area contributed by atoms with Gasteiger partial charge in [0.2, 0.25) is 0 Å². The van der Waals surface area contributed by atoms with Crippen molar-refractivity contribution in [3.8, 4) is 0 Å². The summed E-state index contributed by atoms with van der Waals surface area (Å²) in [4.78, 5) is 31.8. The average Bonchev–Trinajstić information content (AvgIpc) is 3.50. The predicted molar refractivity (Wildman–Crippen MR) is 175 cm³/mol. The number of ether oxygens (including phenoxy) is 1. The Bertz CT molecular complexity index is 1510. The van der Waals surface area contributed by atoms with Gasteiger partial charge in [-0.1, -0.05) is 64.5 Å². The van der Waals surface area contributed by atoms with Crippen LogP contribution in [0.5, 0.6) is 0 Å². The second-order valence-corrected chi connectivity index (χ2v) is 19.9. The molecular weight excluding hydrogens is 586 g/mol. The van der Waals surface area contributed by atoms with Crippen molar-refractivity contribution in [2.75, 3.05) is 4.90 Å². The number of thiazole rings is 1. The summed E-state index contributed by atoms with van der Waals surface area (Å²) in [6.45, 7) is 19.6. The summed E-state index contributed by atoms with van der Waals surface area (Å²) in [5.74, 6) is 0. The van der Waals surface area contributed by atoms with Gasteiger partial charge < -0.3 is 14.8 Å². The van der Waals surface area contributed by atoms with E-state index in [2.05, 4.69) is 67.5 Å². The highest BCUT2D eigenvalue weighted by Gasteiger charge is 2.46. The summed E-state index contributed by atoms with van der Waals surface area (Å²) < 4.78 is 5.71. The van der Waals surface area contributed by atoms with Crippen molar-refractivity contribution in [2.24, 2.45) is 0 Å². The van der Waals surface area contributed by atoms with E-state index in [-0.39, 0.29) is 11.7 Å². The van der Waals surface area contributed by atoms with Crippen LogP contribution in [-0.2, 0) is 11.3 Å². The molecule has 11 heteroatoms. The van der Waals surface area contributed by atoms with Gasteiger partial charge in [0.05, 0.1) is 19.5 Å². The maximum absolute atomic E-state index is 13.3. The maximum Gasteiger partial charge on any atom is 0.416 e. The van der Waals surface area contributed by atoms with Gasteiger partial charge in [-0.15, -0.1) is 0 Å². The molecule has 42 heavy (non-hydrogen) atoms. The van der Waals surface area contributed by atoms with Gasteiger partial charge in [-0.3, -0.25) is 4.98 Å². The van der Waals surface area contributed by atoms with E-state index in [0.717, 1.165) is 16.6 Å². The van der Waals surface area contributed by atoms with Crippen LogP contribution in [0.1, 0.15) is 84.4 Å². The van der Waals surface area contributed by atoms with E-state index in [0.29, 0.717) is 32.2 Å². The predicted octanol–water partition coefficient (Wildman–Crippen LogP) is 7.98. The monoisotopic (exact) mass is 627 g/mol. The number of nitrogens with one attached hydrogen (secondary N) is 1. The molecule has 0 aromatic carbocycles. The third kappa shape index (κ3) is 6.13. The Balaban J connectivity index is 1.82. The quantitative estimate of drug-likeness (QED) is 0.182. The summed E-state index contributed by atoms with van der Waals surface area (Å²) in [6, 6.07) is 5.81. The minimum Gasteiger partial charge on any atom is -0.443 e. The average molecular weight is 628 g/mol. The number of aliphatic hydroxyl groups excluding tert-OH is 1. The molecule has 0 saturated heterocycles. The number of aromatic nitrogens is 4. The van der Waals surface area contributed by atoms with E-state index in [1.807, 2.05) is 45.3 Å². The zero-order valence-electron chi connectivity index (χ0n) is 25.9. The second-order valence-electron chi connectivity index (χ2n) is 12.7. The van der Waals surface area contributed by atoms with Crippen LogP contribution in [0.3, 0.4) is 0 Å². The molecule has 0 fully saturated rings. The van der Waals surface area contributed by atoms with Crippen molar-refractivity contribution in [2.45, 2.75) is 97.2 Å². The first kappa shape index (κ1) is 32.1. The highest BCUT2D eigenvalue weighted by atomic mass is 35.5. The van der Waals surface area contributed by atoms with Gasteiger partial charge in [0.25, 0.3) is 0 Å². The molecule has 1 unspecified atom stereocenters. The maximum atomic E-state index is 13.3. The van der Waals surface area contributed by atoms with Crippen LogP contribution < -0.4 is 10.1 Å². The number of H-pyrrole nitrogens is 1. The molecule has 0 bridgehead atoms. The molecule has 1 amide bonds. The molecule has 4 heterocycles. The number of pyridine rings is 2. The minimum atomic E-state index is -2.11. The first-order valence-electron chi connectivity index (χ1n) is 14.4. The minimum absolute atomic E-state index is 0.144. The fourth-order valence-electron chi connectivity index (χ4n) is 6.52. The van der Waals surface area contributed by atoms with Crippen LogP contribution in [0.4, 0.5) is 9.93 Å². The van der Waals surface area contributed by atoms with E-state index >= 15 is 0 Å². The molecule has 4 aromatic rings. The van der Waals surface area contributed by atoms with E-state index < -0.39 is 25.9 Å². The van der Waals surface area contributed by atoms with Crippen LogP contribution in [0.15, 0.2) is 43.0 Å². The van der Waals surface area contributed by atoms with Crippen molar-refractivity contribution in [1.82, 2.24) is 19.9 Å². The number of carbonyl (C=O) groups is 1. The van der Waals surface area contributed by atoms with Crippen molar-refractivity contribution >= 4 is 58.5 Å². The van der Waals surface area contributed by atoms with E-state index in [1.165, 1.54) is 21.4 Å². The summed E-state index contributed by atoms with van der Waals surface area (Å²) in [7, 11) is -2.11. The highest BCUT2D eigenvalue weighted by Crippen LogP contribution is 2.44. The molecular formula is C31H42ClN5O3SSi. The molecule has 2 N–H and O–H groups in total. The van der Waals surface area contributed by atoms with Crippen LogP contribution >= 0.6 is 22.9 Å². The molecule has 0 aliphatic carbocycles. The van der Waals surface area contributed by atoms with Gasteiger partial charge in [-0.25, -0.2) is 19.7 Å². The Morgan fingerprint density at radius 1 is 1.07 bits per heavy atom. The molecule has 8 nitrogen and oxygen atoms in total. The van der Waals surface area contributed by atoms with E-state index in [9.17, 15) is 9.90 Å². The number of rotatable bonds is 9. The number of aliphatic hydroxyl groups is 1. The van der Waals surface area contributed by atoms with Crippen molar-refractivity contribution in [3.05, 3.63) is 64.1 Å². The van der Waals surface area contributed by atoms with E-state index in [1.54, 1.807) is 12.4 Å². The molecule has 1 atom stereocenters. The zero-order valence-corrected chi connectivity index (χ0v) is 28.5. The van der Waals surface area contributed by atoms with Gasteiger partial charge in [0.15, 0.2) is 5.13 Å². The number of aromatic amines is 1. The number of nitrogens with zero attached hydrogens (tertiary/aromatic N) is 4. The zero-order chi connectivity index (χ0) is 31.0. The van der Waals surface area contributed by atoms with Crippen LogP contribution in [0, 0.1) is 0 Å². The lowest BCUT2D eigenvalue weighted by atomic mass is 10.1. The molecule has 0 radical (unpaired) electrons. The first-order valence-corrected chi connectivity index (χ1v) is 17.8. The van der Waals surface area contributed by atoms with Gasteiger partial charge >= 0.3 is 6.09 Å². The largest absolute Gasteiger partial charge is 0.443 e. The van der Waals surface area contributed by atoms with E-state index in [4.69, 9.17) is 16.3 Å². The molecule has 0 saturated carbocycles. The third-order valence-corrected chi connectivity index (χ3v) is 16.6. The third-order valence-electron chi connectivity index (χ3n) is 8.01. The Kier molecular flexibility index (Phi) is 9.52. The summed E-state index contributed by atoms with van der Waals surface area (Å²) in [5.41, 5.74) is 3.01. The van der Waals surface area contributed by atoms with Crippen LogP contribution in [0.2, 0.25) is 21.8 Å². The smallest absolute Gasteiger partial charge is 0.416 e. The molecule has 0 spiro atoms. The number of hydrogen-bond acceptors (Lipinski definition) is 7. The second kappa shape index (κ2) is 12.4. The number of carbonyl (C=O) groups excluding carboxylic acids is 1. The summed E-state index contributed by atoms with van der Waals surface area (Å²) in [6.07, 6.45) is 5.42. The van der Waals surface area contributed by atoms with Gasteiger partial charge in [0.1, 0.15) is 22.5 Å². The number of fused-ring (bicyclic) bond motifs is 1. The van der Waals surface area contributed by atoms with Crippen molar-refractivity contribution < 1.29 is 14.6 Å². The number of hydrogen-bond donors (Lipinski definition) is 2. The topological polar surface area (TPSA) is 104 Å². The normalized spacial score (nSPS) is 13.4. The SMILES string of the molecule is CC(C)[Si](c1ccnc2[nH]cc(C(O)c3sc(N(Cc4ccncc4)C(=O)OC(C)(C)C)nc3Cl)c12)(C(C)C)C(C)C. The standard InChI is InChI=1S/C31H42ClN5O3SSi/c1-18(2)42(19(3)4,20(5)6)23-12-15-34-28-24(23)22(16-35-28)25(38)26-27(32)36-29(41-26)37(30(39)40-31(7,8)9)17-21-10-13-33-14-11-21/h10-16,18-20,25,38H,17H2,1-9H3,(H,34,35). The molecule has 4 aromatic heterocycles. The van der Waals surface area contributed by atoms with Gasteiger partial charge in [-0.05, 0) is 66.3 Å². The lowest BCUT2D eigenvalue weighted by Crippen LogP contribution is -2.56. The Hall–Kier alpha value is -2.79. The molecule has 226 valence electrons. The van der Waals surface area contributed by atoms with Crippen LogP contribution in [0.25, 0.3) is 11.0 Å². The lowest BCUT2D eigenvalue weighted by molar-refractivity contribution is 0.0577. The fourth-order valence-corrected chi connectivity index (χ4v) is 14.7.